The number of nitrogens with zero attached hydrogens (tertiary/aromatic N) is 4. The lowest BCUT2D eigenvalue weighted by molar-refractivity contribution is -0.384. The molecule has 2 rings (SSSR count). The molecule has 0 aliphatic carbocycles. The molecule has 18 heavy (non-hydrogen) atoms. The second-order valence-electron chi connectivity index (χ2n) is 3.72. The lowest BCUT2D eigenvalue weighted by atomic mass is 10.4. The van der Waals surface area contributed by atoms with Crippen molar-refractivity contribution in [1.29, 1.82) is 0 Å². The van der Waals surface area contributed by atoms with Gasteiger partial charge in [-0.1, -0.05) is 6.92 Å². The summed E-state index contributed by atoms with van der Waals surface area (Å²) in [7, 11) is 1.65. The molecule has 0 saturated carbocycles. The first-order valence-electron chi connectivity index (χ1n) is 5.45. The smallest absolute Gasteiger partial charge is 0.330 e. The molecule has 96 valence electrons. The van der Waals surface area contributed by atoms with Gasteiger partial charge in [0.05, 0.1) is 11.5 Å². The van der Waals surface area contributed by atoms with E-state index in [-0.39, 0.29) is 11.5 Å². The van der Waals surface area contributed by atoms with Crippen molar-refractivity contribution in [1.82, 2.24) is 14.8 Å². The third-order valence-corrected chi connectivity index (χ3v) is 3.50. The van der Waals surface area contributed by atoms with Crippen LogP contribution in [0, 0.1) is 10.1 Å². The number of rotatable bonds is 5. The van der Waals surface area contributed by atoms with E-state index in [9.17, 15) is 10.1 Å². The largest absolute Gasteiger partial charge is 0.356 e. The highest BCUT2D eigenvalue weighted by atomic mass is 32.1. The standard InChI is InChI=1S/C10H13N5O2S/c1-3-7-4-11-9(18-7)5-12-10-8(15(16)17)6-14(2)13-10/h4,6H,3,5H2,1-2H3,(H,12,13). The fourth-order valence-corrected chi connectivity index (χ4v) is 2.29. The zero-order valence-electron chi connectivity index (χ0n) is 10.1. The number of hydrogen-bond donors (Lipinski definition) is 1. The Bertz CT molecular complexity index is 562. The third kappa shape index (κ3) is 2.65. The maximum atomic E-state index is 10.8. The fourth-order valence-electron chi connectivity index (χ4n) is 1.49. The highest BCUT2D eigenvalue weighted by Crippen LogP contribution is 2.22. The summed E-state index contributed by atoms with van der Waals surface area (Å²) in [5.74, 6) is 0.274. The Labute approximate surface area is 108 Å². The SMILES string of the molecule is CCc1cnc(CNc2nn(C)cc2[N+](=O)[O-])s1. The monoisotopic (exact) mass is 267 g/mol. The van der Waals surface area contributed by atoms with Gasteiger partial charge >= 0.3 is 5.69 Å². The van der Waals surface area contributed by atoms with E-state index in [1.807, 2.05) is 6.20 Å². The number of nitro groups is 1. The molecular weight excluding hydrogens is 254 g/mol. The summed E-state index contributed by atoms with van der Waals surface area (Å²) in [5, 5.41) is 18.6. The van der Waals surface area contributed by atoms with Crippen LogP contribution in [0.4, 0.5) is 11.5 Å². The molecule has 0 aliphatic heterocycles. The van der Waals surface area contributed by atoms with Crippen LogP contribution in [0.1, 0.15) is 16.8 Å². The Morgan fingerprint density at radius 1 is 1.61 bits per heavy atom. The van der Waals surface area contributed by atoms with E-state index in [4.69, 9.17) is 0 Å². The Balaban J connectivity index is 2.07. The van der Waals surface area contributed by atoms with Gasteiger partial charge < -0.3 is 5.32 Å². The van der Waals surface area contributed by atoms with E-state index < -0.39 is 4.92 Å². The summed E-state index contributed by atoms with van der Waals surface area (Å²) in [6.45, 7) is 2.51. The summed E-state index contributed by atoms with van der Waals surface area (Å²) in [6.07, 6.45) is 4.15. The number of aromatic nitrogens is 3. The van der Waals surface area contributed by atoms with E-state index in [2.05, 4.69) is 22.3 Å². The minimum absolute atomic E-state index is 0.0234. The van der Waals surface area contributed by atoms with Crippen LogP contribution in [0.2, 0.25) is 0 Å². The quantitative estimate of drug-likeness (QED) is 0.661. The van der Waals surface area contributed by atoms with E-state index >= 15 is 0 Å². The van der Waals surface area contributed by atoms with Crippen LogP contribution in [-0.4, -0.2) is 19.7 Å². The fraction of sp³-hybridized carbons (Fsp3) is 0.400. The van der Waals surface area contributed by atoms with Gasteiger partial charge in [0.2, 0.25) is 5.82 Å². The van der Waals surface area contributed by atoms with Crippen molar-refractivity contribution in [3.05, 3.63) is 32.4 Å². The normalized spacial score (nSPS) is 10.6. The average Bonchev–Trinajstić information content (AvgIpc) is 2.92. The lowest BCUT2D eigenvalue weighted by Crippen LogP contribution is -2.02. The Morgan fingerprint density at radius 3 is 3.00 bits per heavy atom. The first-order valence-corrected chi connectivity index (χ1v) is 6.27. The average molecular weight is 267 g/mol. The highest BCUT2D eigenvalue weighted by molar-refractivity contribution is 7.11. The molecule has 0 aromatic carbocycles. The van der Waals surface area contributed by atoms with Crippen LogP contribution in [0.15, 0.2) is 12.4 Å². The van der Waals surface area contributed by atoms with Crippen molar-refractivity contribution >= 4 is 22.8 Å². The summed E-state index contributed by atoms with van der Waals surface area (Å²) in [5.41, 5.74) is -0.0234. The van der Waals surface area contributed by atoms with Gasteiger partial charge in [0.15, 0.2) is 0 Å². The topological polar surface area (TPSA) is 85.9 Å². The van der Waals surface area contributed by atoms with Crippen molar-refractivity contribution in [2.24, 2.45) is 7.05 Å². The van der Waals surface area contributed by atoms with Crippen LogP contribution < -0.4 is 5.32 Å². The molecule has 2 heterocycles. The van der Waals surface area contributed by atoms with Crippen LogP contribution in [-0.2, 0) is 20.0 Å². The summed E-state index contributed by atoms with van der Waals surface area (Å²) in [4.78, 5) is 15.8. The first kappa shape index (κ1) is 12.5. The van der Waals surface area contributed by atoms with Crippen molar-refractivity contribution < 1.29 is 4.92 Å². The number of hydrogen-bond acceptors (Lipinski definition) is 6. The molecule has 0 spiro atoms. The maximum Gasteiger partial charge on any atom is 0.330 e. The van der Waals surface area contributed by atoms with Gasteiger partial charge in [-0.05, 0) is 6.42 Å². The maximum absolute atomic E-state index is 10.8. The van der Waals surface area contributed by atoms with Crippen LogP contribution in [0.5, 0.6) is 0 Å². The van der Waals surface area contributed by atoms with E-state index in [1.54, 1.807) is 18.4 Å². The Morgan fingerprint density at radius 2 is 2.39 bits per heavy atom. The summed E-state index contributed by atoms with van der Waals surface area (Å²) >= 11 is 1.60. The third-order valence-electron chi connectivity index (χ3n) is 2.36. The molecule has 0 atom stereocenters. The molecule has 0 saturated heterocycles. The molecule has 1 N–H and O–H groups in total. The van der Waals surface area contributed by atoms with Gasteiger partial charge in [-0.15, -0.1) is 16.4 Å². The first-order chi connectivity index (χ1) is 8.60. The number of nitrogens with one attached hydrogen (secondary N) is 1. The zero-order valence-corrected chi connectivity index (χ0v) is 10.9. The molecule has 2 aromatic rings. The second kappa shape index (κ2) is 5.13. The Kier molecular flexibility index (Phi) is 3.56. The van der Waals surface area contributed by atoms with Gasteiger partial charge in [-0.25, -0.2) is 4.98 Å². The molecule has 0 aliphatic rings. The van der Waals surface area contributed by atoms with Crippen molar-refractivity contribution in [3.63, 3.8) is 0 Å². The number of aryl methyl sites for hydroxylation is 2. The highest BCUT2D eigenvalue weighted by Gasteiger charge is 2.18. The molecular formula is C10H13N5O2S. The Hall–Kier alpha value is -1.96. The zero-order chi connectivity index (χ0) is 13.1. The summed E-state index contributed by atoms with van der Waals surface area (Å²) in [6, 6.07) is 0. The molecule has 7 nitrogen and oxygen atoms in total. The van der Waals surface area contributed by atoms with Gasteiger partial charge in [0.25, 0.3) is 0 Å². The van der Waals surface area contributed by atoms with E-state index in [1.165, 1.54) is 15.8 Å². The summed E-state index contributed by atoms with van der Waals surface area (Å²) < 4.78 is 1.42. The van der Waals surface area contributed by atoms with Crippen molar-refractivity contribution in [3.8, 4) is 0 Å². The van der Waals surface area contributed by atoms with Crippen LogP contribution in [0.3, 0.4) is 0 Å². The van der Waals surface area contributed by atoms with Crippen LogP contribution in [0.25, 0.3) is 0 Å². The predicted octanol–water partition coefficient (Wildman–Crippen LogP) is 1.96. The molecule has 0 fully saturated rings. The molecule has 8 heteroatoms. The van der Waals surface area contributed by atoms with E-state index in [0.29, 0.717) is 6.54 Å². The molecule has 0 bridgehead atoms. The molecule has 0 radical (unpaired) electrons. The predicted molar refractivity (Wildman–Crippen MR) is 68.7 cm³/mol. The number of anilines is 1. The second-order valence-corrected chi connectivity index (χ2v) is 4.92. The lowest BCUT2D eigenvalue weighted by Gasteiger charge is -1.98. The van der Waals surface area contributed by atoms with Gasteiger partial charge in [0, 0.05) is 18.1 Å². The van der Waals surface area contributed by atoms with Crippen molar-refractivity contribution in [2.75, 3.05) is 5.32 Å². The van der Waals surface area contributed by atoms with Gasteiger partial charge in [0.1, 0.15) is 11.2 Å². The van der Waals surface area contributed by atoms with Crippen molar-refractivity contribution in [2.45, 2.75) is 19.9 Å². The van der Waals surface area contributed by atoms with E-state index in [0.717, 1.165) is 11.4 Å². The molecule has 2 aromatic heterocycles. The molecule has 0 amide bonds. The number of thiazole rings is 1. The molecule has 0 unspecified atom stereocenters. The van der Waals surface area contributed by atoms with Gasteiger partial charge in [-0.3, -0.25) is 14.8 Å². The van der Waals surface area contributed by atoms with Gasteiger partial charge in [-0.2, -0.15) is 0 Å². The minimum Gasteiger partial charge on any atom is -0.356 e. The van der Waals surface area contributed by atoms with Crippen LogP contribution >= 0.6 is 11.3 Å². The minimum atomic E-state index is -0.450.